The molecule has 0 aromatic carbocycles. The summed E-state index contributed by atoms with van der Waals surface area (Å²) >= 11 is 0. The summed E-state index contributed by atoms with van der Waals surface area (Å²) in [6.07, 6.45) is 10.7. The van der Waals surface area contributed by atoms with Gasteiger partial charge in [-0.25, -0.2) is 15.0 Å². The molecular weight excluding hydrogens is 162 g/mol. The Morgan fingerprint density at radius 2 is 2.08 bits per heavy atom. The van der Waals surface area contributed by atoms with Crippen LogP contribution in [0.15, 0.2) is 17.3 Å². The van der Waals surface area contributed by atoms with Crippen LogP contribution in [0.4, 0.5) is 0 Å². The molecule has 0 saturated heterocycles. The van der Waals surface area contributed by atoms with Gasteiger partial charge in [0, 0.05) is 6.20 Å². The zero-order valence-electron chi connectivity index (χ0n) is 6.94. The predicted molar refractivity (Wildman–Crippen MR) is 50.0 cm³/mol. The maximum Gasteiger partial charge on any atom is 0.178 e. The second kappa shape index (κ2) is 2.36. The molecule has 1 aromatic heterocycles. The molecule has 0 unspecified atom stereocenters. The van der Waals surface area contributed by atoms with Gasteiger partial charge in [-0.05, 0) is 18.6 Å². The standard InChI is InChI=1S/C10H7N3/c1-2-4-8-7(3-1)12-9-5-6-11-10(9)13-8/h2-6H,1H2. The molecule has 62 valence electrons. The molecule has 13 heavy (non-hydrogen) atoms. The SMILES string of the molecule is C1=Cc2nc3c(nc2=CC1)C=CN=3. The Morgan fingerprint density at radius 1 is 1.08 bits per heavy atom. The fourth-order valence-electron chi connectivity index (χ4n) is 1.48. The largest absolute Gasteiger partial charge is 0.243 e. The van der Waals surface area contributed by atoms with Crippen molar-refractivity contribution in [2.75, 3.05) is 0 Å². The summed E-state index contributed by atoms with van der Waals surface area (Å²) in [6, 6.07) is 0. The highest BCUT2D eigenvalue weighted by atomic mass is 14.9. The van der Waals surface area contributed by atoms with Crippen molar-refractivity contribution in [3.63, 3.8) is 0 Å². The number of hydrogen-bond acceptors (Lipinski definition) is 3. The first-order valence-corrected chi connectivity index (χ1v) is 4.23. The van der Waals surface area contributed by atoms with E-state index in [4.69, 9.17) is 0 Å². The summed E-state index contributed by atoms with van der Waals surface area (Å²) in [5.74, 6) is 0. The number of aromatic nitrogens is 2. The van der Waals surface area contributed by atoms with Gasteiger partial charge in [0.1, 0.15) is 5.69 Å². The molecule has 0 atom stereocenters. The Balaban J connectivity index is 2.43. The highest BCUT2D eigenvalue weighted by molar-refractivity contribution is 5.54. The van der Waals surface area contributed by atoms with E-state index in [1.807, 2.05) is 12.2 Å². The van der Waals surface area contributed by atoms with Crippen molar-refractivity contribution in [2.45, 2.75) is 6.42 Å². The van der Waals surface area contributed by atoms with Crippen molar-refractivity contribution >= 4 is 18.2 Å². The molecule has 0 fully saturated rings. The molecule has 0 saturated carbocycles. The smallest absolute Gasteiger partial charge is 0.178 e. The third-order valence-electron chi connectivity index (χ3n) is 2.11. The lowest BCUT2D eigenvalue weighted by atomic mass is 10.2. The van der Waals surface area contributed by atoms with Crippen LogP contribution in [0.5, 0.6) is 0 Å². The van der Waals surface area contributed by atoms with Gasteiger partial charge >= 0.3 is 0 Å². The lowest BCUT2D eigenvalue weighted by molar-refractivity contribution is 1.03. The molecule has 1 aliphatic carbocycles. The number of hydrogen-bond donors (Lipinski definition) is 0. The van der Waals surface area contributed by atoms with E-state index in [2.05, 4.69) is 27.1 Å². The fourth-order valence-corrected chi connectivity index (χ4v) is 1.48. The van der Waals surface area contributed by atoms with Crippen LogP contribution in [0.1, 0.15) is 17.8 Å². The first-order chi connectivity index (χ1) is 6.43. The molecule has 2 heterocycles. The Morgan fingerprint density at radius 3 is 3.08 bits per heavy atom. The van der Waals surface area contributed by atoms with Crippen LogP contribution in [0.3, 0.4) is 0 Å². The molecule has 0 bridgehead atoms. The Kier molecular flexibility index (Phi) is 1.22. The van der Waals surface area contributed by atoms with E-state index in [-0.39, 0.29) is 0 Å². The van der Waals surface area contributed by atoms with Crippen molar-refractivity contribution in [3.05, 3.63) is 34.5 Å². The zero-order chi connectivity index (χ0) is 8.67. The average Bonchev–Trinajstić information content (AvgIpc) is 2.61. The Labute approximate surface area is 74.9 Å². The minimum Gasteiger partial charge on any atom is -0.243 e. The van der Waals surface area contributed by atoms with Gasteiger partial charge in [0.15, 0.2) is 5.49 Å². The van der Waals surface area contributed by atoms with E-state index < -0.39 is 0 Å². The molecular formula is C10H7N3. The Hall–Kier alpha value is -1.77. The molecule has 0 amide bonds. The van der Waals surface area contributed by atoms with Crippen LogP contribution in [-0.2, 0) is 0 Å². The molecule has 3 rings (SSSR count). The number of fused-ring (bicyclic) bond motifs is 2. The fraction of sp³-hybridized carbons (Fsp3) is 0.100. The topological polar surface area (TPSA) is 38.1 Å². The van der Waals surface area contributed by atoms with Gasteiger partial charge in [-0.15, -0.1) is 0 Å². The third-order valence-corrected chi connectivity index (χ3v) is 2.11. The van der Waals surface area contributed by atoms with Crippen LogP contribution in [0, 0.1) is 0 Å². The molecule has 1 aromatic rings. The van der Waals surface area contributed by atoms with Gasteiger partial charge in [0.2, 0.25) is 0 Å². The van der Waals surface area contributed by atoms with Crippen LogP contribution < -0.4 is 10.8 Å². The second-order valence-electron chi connectivity index (χ2n) is 2.99. The van der Waals surface area contributed by atoms with Gasteiger partial charge in [-0.3, -0.25) is 0 Å². The van der Waals surface area contributed by atoms with Crippen molar-refractivity contribution in [1.29, 1.82) is 0 Å². The number of nitrogens with zero attached hydrogens (tertiary/aromatic N) is 3. The molecule has 3 heteroatoms. The maximum absolute atomic E-state index is 4.44. The van der Waals surface area contributed by atoms with Crippen molar-refractivity contribution < 1.29 is 0 Å². The van der Waals surface area contributed by atoms with Gasteiger partial charge in [-0.2, -0.15) is 0 Å². The summed E-state index contributed by atoms with van der Waals surface area (Å²) in [5, 5.41) is 0.975. The normalized spacial score (nSPS) is 16.0. The second-order valence-corrected chi connectivity index (χ2v) is 2.99. The monoisotopic (exact) mass is 169 g/mol. The quantitative estimate of drug-likeness (QED) is 0.559. The van der Waals surface area contributed by atoms with E-state index in [0.717, 1.165) is 28.6 Å². The molecule has 0 spiro atoms. The first kappa shape index (κ1) is 6.71. The molecule has 0 radical (unpaired) electrons. The van der Waals surface area contributed by atoms with Crippen molar-refractivity contribution in [1.82, 2.24) is 9.97 Å². The summed E-state index contributed by atoms with van der Waals surface area (Å²) in [5.41, 5.74) is 2.54. The zero-order valence-corrected chi connectivity index (χ0v) is 6.94. The third kappa shape index (κ3) is 0.935. The molecule has 1 aliphatic heterocycles. The predicted octanol–water partition coefficient (Wildman–Crippen LogP) is 0.278. The lowest BCUT2D eigenvalue weighted by Crippen LogP contribution is -2.25. The minimum absolute atomic E-state index is 0.735. The minimum atomic E-state index is 0.735. The van der Waals surface area contributed by atoms with E-state index >= 15 is 0 Å². The highest BCUT2D eigenvalue weighted by Crippen LogP contribution is 2.00. The number of rotatable bonds is 0. The van der Waals surface area contributed by atoms with Crippen LogP contribution >= 0.6 is 0 Å². The van der Waals surface area contributed by atoms with Crippen molar-refractivity contribution in [3.8, 4) is 0 Å². The van der Waals surface area contributed by atoms with Gasteiger partial charge < -0.3 is 0 Å². The maximum atomic E-state index is 4.44. The lowest BCUT2D eigenvalue weighted by Gasteiger charge is -1.99. The number of allylic oxidation sites excluding steroid dienone is 1. The molecule has 0 N–H and O–H groups in total. The van der Waals surface area contributed by atoms with E-state index in [9.17, 15) is 0 Å². The van der Waals surface area contributed by atoms with Gasteiger partial charge in [-0.1, -0.05) is 12.2 Å². The average molecular weight is 169 g/mol. The van der Waals surface area contributed by atoms with Crippen LogP contribution in [0.25, 0.3) is 18.2 Å². The summed E-state index contributed by atoms with van der Waals surface area (Å²) in [7, 11) is 0. The van der Waals surface area contributed by atoms with Crippen LogP contribution in [-0.4, -0.2) is 9.97 Å². The Bertz CT molecular complexity index is 538. The highest BCUT2D eigenvalue weighted by Gasteiger charge is 2.05. The summed E-state index contributed by atoms with van der Waals surface area (Å²) < 4.78 is 0. The molecule has 2 aliphatic rings. The summed E-state index contributed by atoms with van der Waals surface area (Å²) in [6.45, 7) is 0. The first-order valence-electron chi connectivity index (χ1n) is 4.23. The summed E-state index contributed by atoms with van der Waals surface area (Å²) in [4.78, 5) is 12.9. The van der Waals surface area contributed by atoms with Crippen LogP contribution in [0.2, 0.25) is 0 Å². The van der Waals surface area contributed by atoms with E-state index in [0.29, 0.717) is 0 Å². The molecule has 3 nitrogen and oxygen atoms in total. The van der Waals surface area contributed by atoms with E-state index in [1.165, 1.54) is 0 Å². The van der Waals surface area contributed by atoms with E-state index in [1.54, 1.807) is 6.20 Å². The van der Waals surface area contributed by atoms with Gasteiger partial charge in [0.25, 0.3) is 0 Å². The van der Waals surface area contributed by atoms with Gasteiger partial charge in [0.05, 0.1) is 11.0 Å². The van der Waals surface area contributed by atoms with Crippen molar-refractivity contribution in [2.24, 2.45) is 4.99 Å².